The Labute approximate surface area is 103 Å². The third-order valence-corrected chi connectivity index (χ3v) is 3.28. The van der Waals surface area contributed by atoms with Gasteiger partial charge in [-0.3, -0.25) is 10.2 Å². The zero-order valence-corrected chi connectivity index (χ0v) is 10.5. The predicted molar refractivity (Wildman–Crippen MR) is 59.7 cm³/mol. The topological polar surface area (TPSA) is 75.3 Å². The SMILES string of the molecule is CC(C)C(=O)NNS(=O)(=O)c1cc(F)ccc1F. The van der Waals surface area contributed by atoms with E-state index in [2.05, 4.69) is 0 Å². The number of nitrogens with one attached hydrogen (secondary N) is 2. The summed E-state index contributed by atoms with van der Waals surface area (Å²) in [5.41, 5.74) is 1.90. The number of hydrazine groups is 1. The predicted octanol–water partition coefficient (Wildman–Crippen LogP) is 0.930. The van der Waals surface area contributed by atoms with Gasteiger partial charge in [0.15, 0.2) is 0 Å². The third kappa shape index (κ3) is 3.47. The molecule has 100 valence electrons. The maximum atomic E-state index is 13.2. The fourth-order valence-electron chi connectivity index (χ4n) is 1.000. The molecule has 0 aliphatic rings. The molecular weight excluding hydrogens is 266 g/mol. The monoisotopic (exact) mass is 278 g/mol. The summed E-state index contributed by atoms with van der Waals surface area (Å²) < 4.78 is 49.3. The van der Waals surface area contributed by atoms with Gasteiger partial charge in [0, 0.05) is 5.92 Å². The molecule has 0 saturated heterocycles. The highest BCUT2D eigenvalue weighted by atomic mass is 32.2. The Kier molecular flexibility index (Phi) is 4.36. The van der Waals surface area contributed by atoms with Crippen LogP contribution >= 0.6 is 0 Å². The Balaban J connectivity index is 2.93. The summed E-state index contributed by atoms with van der Waals surface area (Å²) in [5.74, 6) is -3.05. The molecule has 1 rings (SSSR count). The van der Waals surface area contributed by atoms with E-state index >= 15 is 0 Å². The molecule has 1 amide bonds. The van der Waals surface area contributed by atoms with Crippen molar-refractivity contribution in [2.24, 2.45) is 5.92 Å². The normalized spacial score (nSPS) is 11.6. The van der Waals surface area contributed by atoms with Crippen molar-refractivity contribution in [3.05, 3.63) is 29.8 Å². The molecule has 0 saturated carbocycles. The lowest BCUT2D eigenvalue weighted by atomic mass is 10.2. The van der Waals surface area contributed by atoms with E-state index in [1.54, 1.807) is 18.7 Å². The van der Waals surface area contributed by atoms with Crippen LogP contribution in [0.5, 0.6) is 0 Å². The molecule has 0 spiro atoms. The first-order valence-corrected chi connectivity index (χ1v) is 6.49. The van der Waals surface area contributed by atoms with Gasteiger partial charge in [-0.2, -0.15) is 0 Å². The molecule has 0 aliphatic heterocycles. The minimum Gasteiger partial charge on any atom is -0.277 e. The van der Waals surface area contributed by atoms with E-state index < -0.39 is 38.4 Å². The van der Waals surface area contributed by atoms with Crippen LogP contribution in [0.2, 0.25) is 0 Å². The van der Waals surface area contributed by atoms with Crippen molar-refractivity contribution >= 4 is 15.9 Å². The van der Waals surface area contributed by atoms with Crippen LogP contribution in [-0.2, 0) is 14.8 Å². The molecule has 0 fully saturated rings. The van der Waals surface area contributed by atoms with Crippen molar-refractivity contribution in [3.8, 4) is 0 Å². The first-order chi connectivity index (χ1) is 8.24. The van der Waals surface area contributed by atoms with E-state index in [0.717, 1.165) is 6.07 Å². The largest absolute Gasteiger partial charge is 0.277 e. The Bertz CT molecular complexity index is 558. The van der Waals surface area contributed by atoms with Gasteiger partial charge in [0.05, 0.1) is 0 Å². The minimum atomic E-state index is -4.34. The van der Waals surface area contributed by atoms with Gasteiger partial charge in [-0.25, -0.2) is 17.2 Å². The van der Waals surface area contributed by atoms with E-state index in [1.807, 2.05) is 5.43 Å². The van der Waals surface area contributed by atoms with Gasteiger partial charge >= 0.3 is 0 Å². The Morgan fingerprint density at radius 3 is 2.44 bits per heavy atom. The second kappa shape index (κ2) is 5.40. The summed E-state index contributed by atoms with van der Waals surface area (Å²) in [7, 11) is -4.34. The van der Waals surface area contributed by atoms with Crippen molar-refractivity contribution in [1.29, 1.82) is 0 Å². The van der Waals surface area contributed by atoms with E-state index in [0.29, 0.717) is 12.1 Å². The van der Waals surface area contributed by atoms with E-state index in [-0.39, 0.29) is 0 Å². The average molecular weight is 278 g/mol. The molecule has 0 radical (unpaired) electrons. The van der Waals surface area contributed by atoms with Crippen LogP contribution in [-0.4, -0.2) is 14.3 Å². The van der Waals surface area contributed by atoms with Crippen LogP contribution < -0.4 is 10.3 Å². The lowest BCUT2D eigenvalue weighted by Gasteiger charge is -2.10. The quantitative estimate of drug-likeness (QED) is 0.805. The molecule has 0 aliphatic carbocycles. The van der Waals surface area contributed by atoms with E-state index in [4.69, 9.17) is 0 Å². The standard InChI is InChI=1S/C10H12F2N2O3S/c1-6(2)10(15)13-14-18(16,17)9-5-7(11)3-4-8(9)12/h3-6,14H,1-2H3,(H,13,15). The summed E-state index contributed by atoms with van der Waals surface area (Å²) in [5, 5.41) is 0. The van der Waals surface area contributed by atoms with Gasteiger partial charge in [0.25, 0.3) is 10.0 Å². The molecule has 0 unspecified atom stereocenters. The highest BCUT2D eigenvalue weighted by Crippen LogP contribution is 2.14. The van der Waals surface area contributed by atoms with Gasteiger partial charge in [0.1, 0.15) is 16.5 Å². The fraction of sp³-hybridized carbons (Fsp3) is 0.300. The van der Waals surface area contributed by atoms with Crippen molar-refractivity contribution < 1.29 is 22.0 Å². The maximum absolute atomic E-state index is 13.2. The lowest BCUT2D eigenvalue weighted by molar-refractivity contribution is -0.124. The Morgan fingerprint density at radius 2 is 1.89 bits per heavy atom. The van der Waals surface area contributed by atoms with Gasteiger partial charge in [-0.1, -0.05) is 13.8 Å². The van der Waals surface area contributed by atoms with Gasteiger partial charge in [0.2, 0.25) is 5.91 Å². The lowest BCUT2D eigenvalue weighted by Crippen LogP contribution is -2.43. The molecule has 0 atom stereocenters. The summed E-state index contributed by atoms with van der Waals surface area (Å²) >= 11 is 0. The average Bonchev–Trinajstić information content (AvgIpc) is 2.29. The number of carbonyl (C=O) groups excluding carboxylic acids is 1. The number of rotatable bonds is 4. The number of benzene rings is 1. The molecule has 18 heavy (non-hydrogen) atoms. The number of halogens is 2. The summed E-state index contributed by atoms with van der Waals surface area (Å²) in [6.07, 6.45) is 0. The van der Waals surface area contributed by atoms with E-state index in [1.165, 1.54) is 0 Å². The number of carbonyl (C=O) groups is 1. The molecular formula is C10H12F2N2O3S. The van der Waals surface area contributed by atoms with Gasteiger partial charge < -0.3 is 0 Å². The molecule has 8 heteroatoms. The van der Waals surface area contributed by atoms with Crippen molar-refractivity contribution in [1.82, 2.24) is 10.3 Å². The Hall–Kier alpha value is -1.54. The van der Waals surface area contributed by atoms with Crippen LogP contribution in [0.4, 0.5) is 8.78 Å². The fourth-order valence-corrected chi connectivity index (χ4v) is 1.94. The van der Waals surface area contributed by atoms with Gasteiger partial charge in [-0.15, -0.1) is 4.83 Å². The molecule has 1 aromatic carbocycles. The van der Waals surface area contributed by atoms with Crippen LogP contribution in [0.15, 0.2) is 23.1 Å². The van der Waals surface area contributed by atoms with Crippen molar-refractivity contribution in [2.75, 3.05) is 0 Å². The zero-order chi connectivity index (χ0) is 13.9. The summed E-state index contributed by atoms with van der Waals surface area (Å²) in [6, 6.07) is 2.01. The maximum Gasteiger partial charge on any atom is 0.260 e. The second-order valence-electron chi connectivity index (χ2n) is 3.82. The molecule has 2 N–H and O–H groups in total. The smallest absolute Gasteiger partial charge is 0.260 e. The number of sulfonamides is 1. The van der Waals surface area contributed by atoms with Crippen molar-refractivity contribution in [2.45, 2.75) is 18.7 Å². The van der Waals surface area contributed by atoms with E-state index in [9.17, 15) is 22.0 Å². The zero-order valence-electron chi connectivity index (χ0n) is 9.70. The van der Waals surface area contributed by atoms with Crippen molar-refractivity contribution in [3.63, 3.8) is 0 Å². The first kappa shape index (κ1) is 14.5. The number of amides is 1. The number of hydrogen-bond donors (Lipinski definition) is 2. The van der Waals surface area contributed by atoms with Crippen LogP contribution in [0.25, 0.3) is 0 Å². The highest BCUT2D eigenvalue weighted by molar-refractivity contribution is 7.89. The first-order valence-electron chi connectivity index (χ1n) is 5.01. The molecule has 0 heterocycles. The third-order valence-electron chi connectivity index (χ3n) is 2.02. The minimum absolute atomic E-state index is 0.454. The molecule has 5 nitrogen and oxygen atoms in total. The Morgan fingerprint density at radius 1 is 1.28 bits per heavy atom. The number of hydrogen-bond acceptors (Lipinski definition) is 3. The highest BCUT2D eigenvalue weighted by Gasteiger charge is 2.21. The van der Waals surface area contributed by atoms with Crippen LogP contribution in [0.3, 0.4) is 0 Å². The second-order valence-corrected chi connectivity index (χ2v) is 5.48. The summed E-state index contributed by atoms with van der Waals surface area (Å²) in [4.78, 5) is 12.0. The van der Waals surface area contributed by atoms with Crippen LogP contribution in [0, 0.1) is 17.6 Å². The van der Waals surface area contributed by atoms with Gasteiger partial charge in [-0.05, 0) is 18.2 Å². The molecule has 0 bridgehead atoms. The van der Waals surface area contributed by atoms with Crippen LogP contribution in [0.1, 0.15) is 13.8 Å². The molecule has 0 aromatic heterocycles. The summed E-state index contributed by atoms with van der Waals surface area (Å²) in [6.45, 7) is 3.10. The molecule has 1 aromatic rings.